The highest BCUT2D eigenvalue weighted by Crippen LogP contribution is 2.47. The predicted octanol–water partition coefficient (Wildman–Crippen LogP) is 4.84. The van der Waals surface area contributed by atoms with E-state index in [1.807, 2.05) is 6.07 Å². The van der Waals surface area contributed by atoms with Crippen LogP contribution in [0.2, 0.25) is 0 Å². The summed E-state index contributed by atoms with van der Waals surface area (Å²) in [5, 5.41) is 5.02. The molecule has 0 saturated heterocycles. The number of hydrogen-bond acceptors (Lipinski definition) is 1. The fourth-order valence-corrected chi connectivity index (χ4v) is 3.26. The highest BCUT2D eigenvalue weighted by Gasteiger charge is 2.22. The standard InChI is InChI=1S/C19H10N/c1-2-5-14-11-17-16(10-13(14)4-1)15-7-3-6-12-8-9-20-19(17)18(12)15/h1-8,10-11H. The third-order valence-corrected chi connectivity index (χ3v) is 4.16. The smallest absolute Gasteiger partial charge is 0.0900 e. The Balaban J connectivity index is 2.02. The minimum Gasteiger partial charge on any atom is -0.245 e. The van der Waals surface area contributed by atoms with Crippen molar-refractivity contribution in [1.29, 1.82) is 0 Å². The average molecular weight is 252 g/mol. The summed E-state index contributed by atoms with van der Waals surface area (Å²) in [5.74, 6) is 0. The van der Waals surface area contributed by atoms with Gasteiger partial charge in [0.1, 0.15) is 0 Å². The summed E-state index contributed by atoms with van der Waals surface area (Å²) in [6, 6.07) is 21.4. The topological polar surface area (TPSA) is 12.9 Å². The highest BCUT2D eigenvalue weighted by atomic mass is 14.7. The third kappa shape index (κ3) is 1.15. The van der Waals surface area contributed by atoms with Crippen LogP contribution in [-0.4, -0.2) is 4.98 Å². The lowest BCUT2D eigenvalue weighted by Crippen LogP contribution is -1.81. The minimum absolute atomic E-state index is 1.07. The molecule has 5 rings (SSSR count). The van der Waals surface area contributed by atoms with Gasteiger partial charge in [0.15, 0.2) is 0 Å². The van der Waals surface area contributed by atoms with Crippen LogP contribution in [0.25, 0.3) is 43.9 Å². The second-order valence-corrected chi connectivity index (χ2v) is 5.25. The summed E-state index contributed by atoms with van der Waals surface area (Å²) >= 11 is 0. The van der Waals surface area contributed by atoms with E-state index >= 15 is 0 Å². The largest absolute Gasteiger partial charge is 0.245 e. The molecule has 1 heteroatoms. The van der Waals surface area contributed by atoms with Gasteiger partial charge in [-0.1, -0.05) is 42.5 Å². The van der Waals surface area contributed by atoms with E-state index in [0.717, 1.165) is 5.69 Å². The van der Waals surface area contributed by atoms with Crippen molar-refractivity contribution in [3.05, 3.63) is 66.9 Å². The van der Waals surface area contributed by atoms with Gasteiger partial charge in [0.2, 0.25) is 0 Å². The molecule has 3 aromatic carbocycles. The van der Waals surface area contributed by atoms with Crippen molar-refractivity contribution in [3.63, 3.8) is 0 Å². The zero-order valence-electron chi connectivity index (χ0n) is 10.7. The molecule has 1 radical (unpaired) electrons. The molecule has 0 bridgehead atoms. The van der Waals surface area contributed by atoms with Gasteiger partial charge in [-0.05, 0) is 45.5 Å². The summed E-state index contributed by atoms with van der Waals surface area (Å²) in [4.78, 5) is 4.50. The zero-order valence-corrected chi connectivity index (χ0v) is 10.7. The van der Waals surface area contributed by atoms with Crippen molar-refractivity contribution in [2.75, 3.05) is 0 Å². The van der Waals surface area contributed by atoms with E-state index in [-0.39, 0.29) is 0 Å². The van der Waals surface area contributed by atoms with Crippen LogP contribution in [0.15, 0.2) is 60.7 Å². The summed E-state index contributed by atoms with van der Waals surface area (Å²) in [6.07, 6.45) is 3.03. The van der Waals surface area contributed by atoms with E-state index in [1.165, 1.54) is 38.2 Å². The first kappa shape index (κ1) is 10.2. The number of aromatic nitrogens is 1. The van der Waals surface area contributed by atoms with E-state index in [4.69, 9.17) is 0 Å². The lowest BCUT2D eigenvalue weighted by Gasteiger charge is -2.04. The fourth-order valence-electron chi connectivity index (χ4n) is 3.26. The minimum atomic E-state index is 1.07. The Morgan fingerprint density at radius 1 is 0.700 bits per heavy atom. The lowest BCUT2D eigenvalue weighted by atomic mass is 10.00. The molecule has 0 saturated carbocycles. The maximum Gasteiger partial charge on any atom is 0.0900 e. The van der Waals surface area contributed by atoms with Crippen LogP contribution in [-0.2, 0) is 0 Å². The van der Waals surface area contributed by atoms with Gasteiger partial charge < -0.3 is 0 Å². The van der Waals surface area contributed by atoms with Gasteiger partial charge in [0.05, 0.1) is 11.9 Å². The third-order valence-electron chi connectivity index (χ3n) is 4.16. The number of fused-ring (bicyclic) bond motifs is 4. The lowest BCUT2D eigenvalue weighted by molar-refractivity contribution is 1.36. The van der Waals surface area contributed by atoms with Crippen LogP contribution in [0.4, 0.5) is 0 Å². The number of nitrogens with zero attached hydrogens (tertiary/aromatic N) is 1. The van der Waals surface area contributed by atoms with Crippen molar-refractivity contribution in [3.8, 4) is 22.4 Å². The van der Waals surface area contributed by atoms with Gasteiger partial charge in [0, 0.05) is 10.9 Å². The molecule has 1 aliphatic rings. The van der Waals surface area contributed by atoms with Crippen LogP contribution in [0.5, 0.6) is 0 Å². The first-order chi connectivity index (χ1) is 9.92. The van der Waals surface area contributed by atoms with Gasteiger partial charge in [-0.2, -0.15) is 0 Å². The van der Waals surface area contributed by atoms with Crippen molar-refractivity contribution < 1.29 is 0 Å². The van der Waals surface area contributed by atoms with Gasteiger partial charge in [-0.25, -0.2) is 4.98 Å². The number of rotatable bonds is 0. The van der Waals surface area contributed by atoms with Crippen LogP contribution in [0, 0.1) is 6.20 Å². The summed E-state index contributed by atoms with van der Waals surface area (Å²) in [7, 11) is 0. The molecule has 20 heavy (non-hydrogen) atoms. The molecule has 0 fully saturated rings. The Hall–Kier alpha value is -2.67. The molecule has 1 nitrogen and oxygen atoms in total. The second-order valence-electron chi connectivity index (χ2n) is 5.25. The molecule has 1 aliphatic carbocycles. The number of benzene rings is 3. The molecule has 0 spiro atoms. The molecule has 4 aromatic rings. The molecule has 0 aliphatic heterocycles. The molecule has 1 aromatic heterocycles. The predicted molar refractivity (Wildman–Crippen MR) is 82.5 cm³/mol. The van der Waals surface area contributed by atoms with Gasteiger partial charge >= 0.3 is 0 Å². The first-order valence-electron chi connectivity index (χ1n) is 6.75. The molecule has 91 valence electrons. The van der Waals surface area contributed by atoms with Gasteiger partial charge in [-0.3, -0.25) is 0 Å². The zero-order chi connectivity index (χ0) is 13.1. The van der Waals surface area contributed by atoms with E-state index in [9.17, 15) is 0 Å². The monoisotopic (exact) mass is 252 g/mol. The molecule has 0 amide bonds. The molecular weight excluding hydrogens is 242 g/mol. The van der Waals surface area contributed by atoms with Crippen LogP contribution >= 0.6 is 0 Å². The van der Waals surface area contributed by atoms with Crippen LogP contribution < -0.4 is 0 Å². The molecule has 0 atom stereocenters. The SMILES string of the molecule is [c]1cc2cccc3c2c(n1)-c1cc2ccccc2cc1-3. The summed E-state index contributed by atoms with van der Waals surface area (Å²) in [5.41, 5.74) is 4.88. The first-order valence-corrected chi connectivity index (χ1v) is 6.75. The van der Waals surface area contributed by atoms with Crippen molar-refractivity contribution >= 4 is 21.5 Å². The normalized spacial score (nSPS) is 12.0. The van der Waals surface area contributed by atoms with Gasteiger partial charge in [0.25, 0.3) is 0 Å². The Morgan fingerprint density at radius 3 is 2.30 bits per heavy atom. The van der Waals surface area contributed by atoms with Crippen molar-refractivity contribution in [2.24, 2.45) is 0 Å². The molecule has 0 N–H and O–H groups in total. The number of hydrogen-bond donors (Lipinski definition) is 0. The Kier molecular flexibility index (Phi) is 1.75. The van der Waals surface area contributed by atoms with E-state index in [1.54, 1.807) is 0 Å². The molecular formula is C19H10N. The highest BCUT2D eigenvalue weighted by molar-refractivity contribution is 6.15. The maximum absolute atomic E-state index is 4.50. The van der Waals surface area contributed by atoms with E-state index in [0.29, 0.717) is 0 Å². The Bertz CT molecular complexity index is 922. The van der Waals surface area contributed by atoms with Crippen molar-refractivity contribution in [1.82, 2.24) is 4.98 Å². The van der Waals surface area contributed by atoms with Gasteiger partial charge in [-0.15, -0.1) is 0 Å². The maximum atomic E-state index is 4.50. The van der Waals surface area contributed by atoms with Crippen LogP contribution in [0.1, 0.15) is 0 Å². The quantitative estimate of drug-likeness (QED) is 0.384. The van der Waals surface area contributed by atoms with Crippen molar-refractivity contribution in [2.45, 2.75) is 0 Å². The second kappa shape index (κ2) is 3.45. The molecule has 1 heterocycles. The summed E-state index contributed by atoms with van der Waals surface area (Å²) in [6.45, 7) is 0. The Morgan fingerprint density at radius 2 is 1.45 bits per heavy atom. The fraction of sp³-hybridized carbons (Fsp3) is 0. The van der Waals surface area contributed by atoms with E-state index < -0.39 is 0 Å². The average Bonchev–Trinajstić information content (AvgIpc) is 2.82. The molecule has 0 unspecified atom stereocenters. The number of pyridine rings is 1. The Labute approximate surface area is 116 Å². The van der Waals surface area contributed by atoms with Crippen LogP contribution in [0.3, 0.4) is 0 Å². The summed E-state index contributed by atoms with van der Waals surface area (Å²) < 4.78 is 0. The van der Waals surface area contributed by atoms with E-state index in [2.05, 4.69) is 65.8 Å².